The molecule has 12 rings (SSSR count). The van der Waals surface area contributed by atoms with Gasteiger partial charge in [-0.1, -0.05) is 0 Å². The molecule has 2 saturated heterocycles. The molecule has 0 aliphatic carbocycles. The van der Waals surface area contributed by atoms with Gasteiger partial charge in [-0.05, 0) is 198 Å². The summed E-state index contributed by atoms with van der Waals surface area (Å²) in [6.07, 6.45) is 22.6. The van der Waals surface area contributed by atoms with Gasteiger partial charge < -0.3 is 77.3 Å². The molecule has 1 radical (unpaired) electrons. The number of halogens is 4. The van der Waals surface area contributed by atoms with Crippen LogP contribution in [0.25, 0.3) is 28.9 Å². The molecule has 0 saturated carbocycles. The molecule has 2 aliphatic rings. The number of pyridine rings is 5. The van der Waals surface area contributed by atoms with E-state index in [0.29, 0.717) is 76.9 Å². The van der Waals surface area contributed by atoms with E-state index in [1.54, 1.807) is 117 Å². The first kappa shape index (κ1) is 97.3. The van der Waals surface area contributed by atoms with Crippen LogP contribution >= 0.6 is 70.4 Å². The summed E-state index contributed by atoms with van der Waals surface area (Å²) in [7, 11) is 1.09. The van der Waals surface area contributed by atoms with Crippen molar-refractivity contribution in [3.63, 3.8) is 0 Å². The molecule has 5 N–H and O–H groups in total. The third kappa shape index (κ3) is 30.6. The van der Waals surface area contributed by atoms with Gasteiger partial charge in [0.05, 0.1) is 91.6 Å². The maximum absolute atomic E-state index is 11.8. The number of oxazole rings is 2. The van der Waals surface area contributed by atoms with Gasteiger partial charge in [-0.3, -0.25) is 23.3 Å². The molecule has 0 bridgehead atoms. The number of methoxy groups -OCH3 is 1. The number of imidazole rings is 3. The largest absolute Gasteiger partial charge is 1.00 e. The first-order chi connectivity index (χ1) is 52.3. The number of nitrogen functional groups attached to an aromatic ring is 1. The number of Topliss-reactive ketones (excluding diaryl/α,β-unsaturated/α-hetero) is 1. The number of rotatable bonds is 19. The van der Waals surface area contributed by atoms with Crippen LogP contribution in [0.3, 0.4) is 0 Å². The summed E-state index contributed by atoms with van der Waals surface area (Å²) < 4.78 is 70.5. The second-order valence-corrected chi connectivity index (χ2v) is 27.5. The van der Waals surface area contributed by atoms with Crippen molar-refractivity contribution in [1.82, 2.24) is 63.5 Å². The Hall–Kier alpha value is -8.90. The maximum atomic E-state index is 11.8. The summed E-state index contributed by atoms with van der Waals surface area (Å²) in [6.45, 7) is 25.7. The Morgan fingerprint density at radius 2 is 0.982 bits per heavy atom. The van der Waals surface area contributed by atoms with Gasteiger partial charge in [-0.2, -0.15) is 0 Å². The van der Waals surface area contributed by atoms with Crippen LogP contribution in [0.5, 0.6) is 5.75 Å². The van der Waals surface area contributed by atoms with Gasteiger partial charge in [0.1, 0.15) is 66.3 Å². The number of anilines is 2. The third-order valence-corrected chi connectivity index (χ3v) is 17.0. The van der Waals surface area contributed by atoms with Crippen LogP contribution in [0, 0.1) is 3.90 Å². The number of nitrogens with two attached hydrogens (primary N) is 1. The van der Waals surface area contributed by atoms with E-state index in [4.69, 9.17) is 61.8 Å². The molecule has 10 aromatic heterocycles. The number of carbonyl (C=O) groups is 6. The number of esters is 4. The number of ether oxygens (including phenoxy) is 5. The van der Waals surface area contributed by atoms with Crippen molar-refractivity contribution in [3.8, 4) is 34.7 Å². The molecule has 10 aromatic rings. The van der Waals surface area contributed by atoms with Crippen LogP contribution in [-0.4, -0.2) is 194 Å². The van der Waals surface area contributed by atoms with Crippen molar-refractivity contribution in [1.29, 1.82) is 0 Å². The zero-order valence-corrected chi connectivity index (χ0v) is 70.7. The Labute approximate surface area is 698 Å². The van der Waals surface area contributed by atoms with E-state index in [-0.39, 0.29) is 77.7 Å². The van der Waals surface area contributed by atoms with E-state index >= 15 is 0 Å². The number of hydrogen-bond donors (Lipinski definition) is 3. The standard InChI is InChI=1S/C14H12N4O3.C12H24B2O4.C11H11BN3O4.C11H10BrN3O2.C9H11BrN2O2.C5H5BrN2.C4H6O3.C3H2INO.Li.H2O/c1-2-20-14(19)11-8-15-9-18(11)12-4-3-10(7-17-12)13-16-5-6-21-13;1-9(2)10(3,4)16-13(15-9)14-17-11(5,6)12(7,8)18-14;1-2-18-11(16)9-6-13-7-15(9)10-4-3-8(5-14-10)19-12-17;1-2-17-11(16)9-6-13-7-15(9)10-4-3-8(12)5-14-10;1-6(13)9(14-2)12-8-4-3-7(10)5-11-8;6-4-1-2-5(7)8-3-4;1-2-7-4(6)3-5;4-3-5-1-2-6-3;;/h3-9H,2H2,1H3;1-8H3;3-7,17H,2H2,1H3;3-7H,2H2,1H3;3-5,9H,1-2H3,(H,11,12);1-3H,(H2,7,8);3H,2H2,1H3;1-2H;;1H2/q;;;;;;;;+1;/p-1. The number of hydrogen-bond acceptors (Lipinski definition) is 32. The molecular weight excluding hydrogens is 1760 g/mol. The topological polar surface area (TPSA) is 453 Å². The van der Waals surface area contributed by atoms with Crippen molar-refractivity contribution in [2.24, 2.45) is 0 Å². The van der Waals surface area contributed by atoms with Gasteiger partial charge in [-0.25, -0.2) is 69.0 Å². The molecule has 112 heavy (non-hydrogen) atoms. The Morgan fingerprint density at radius 3 is 1.28 bits per heavy atom. The van der Waals surface area contributed by atoms with Gasteiger partial charge in [0.25, 0.3) is 3.90 Å². The van der Waals surface area contributed by atoms with Gasteiger partial charge in [-0.15, -0.1) is 0 Å². The monoisotopic (exact) mass is 1840 g/mol. The predicted octanol–water partition coefficient (Wildman–Crippen LogP) is 8.00. The molecule has 0 aromatic carbocycles. The molecule has 2 aliphatic heterocycles. The Balaban J connectivity index is 0.000000340. The van der Waals surface area contributed by atoms with Crippen LogP contribution in [0.1, 0.15) is 121 Å². The van der Waals surface area contributed by atoms with E-state index in [9.17, 15) is 28.8 Å². The van der Waals surface area contributed by atoms with Crippen molar-refractivity contribution >= 4 is 140 Å². The number of ketones is 1. The van der Waals surface area contributed by atoms with Crippen LogP contribution in [0.4, 0.5) is 11.6 Å². The third-order valence-electron chi connectivity index (χ3n) is 15.1. The van der Waals surface area contributed by atoms with Crippen LogP contribution < -0.4 is 34.6 Å². The van der Waals surface area contributed by atoms with Crippen molar-refractivity contribution in [3.05, 3.63) is 189 Å². The summed E-state index contributed by atoms with van der Waals surface area (Å²) in [4.78, 5) is 105. The first-order valence-electron chi connectivity index (χ1n) is 33.1. The molecule has 591 valence electrons. The summed E-state index contributed by atoms with van der Waals surface area (Å²) in [6, 6.07) is 17.6. The molecule has 0 spiro atoms. The van der Waals surface area contributed by atoms with E-state index in [2.05, 4.69) is 108 Å². The van der Waals surface area contributed by atoms with Crippen molar-refractivity contribution < 1.29 is 114 Å². The van der Waals surface area contributed by atoms with E-state index in [1.807, 2.05) is 102 Å². The quantitative estimate of drug-likeness (QED) is 0.0131. The van der Waals surface area contributed by atoms with Crippen molar-refractivity contribution in [2.75, 3.05) is 44.6 Å². The molecule has 35 nitrogen and oxygen atoms in total. The zero-order valence-electron chi connectivity index (χ0n) is 63.8. The van der Waals surface area contributed by atoms with Crippen molar-refractivity contribution in [2.45, 2.75) is 119 Å². The summed E-state index contributed by atoms with van der Waals surface area (Å²) in [5.41, 5.74) is 5.59. The van der Waals surface area contributed by atoms with Gasteiger partial charge >= 0.3 is 64.4 Å². The molecule has 2 fully saturated rings. The molecule has 1 unspecified atom stereocenters. The Bertz CT molecular complexity index is 4360. The summed E-state index contributed by atoms with van der Waals surface area (Å²) >= 11 is 11.8. The van der Waals surface area contributed by atoms with Crippen LogP contribution in [-0.2, 0) is 56.7 Å². The molecular formula is C69H82B3Br3ILiN15O20. The average molecular weight is 1850 g/mol. The number of carbonyl (C=O) groups excluding carboxylic acids is 6. The molecule has 12 heterocycles. The summed E-state index contributed by atoms with van der Waals surface area (Å²) in [5, 5.41) is 11.3. The van der Waals surface area contributed by atoms with E-state index in [1.165, 1.54) is 68.6 Å². The Kier molecular flexibility index (Phi) is 41.9. The maximum Gasteiger partial charge on any atom is 1.00 e. The molecule has 0 amide bonds. The Morgan fingerprint density at radius 1 is 0.571 bits per heavy atom. The smallest absolute Gasteiger partial charge is 0.870 e. The number of nitrogens with zero attached hydrogens (tertiary/aromatic N) is 13. The summed E-state index contributed by atoms with van der Waals surface area (Å²) in [5.74, 6) is 1.50. The van der Waals surface area contributed by atoms with Gasteiger partial charge in [0.2, 0.25) is 12.2 Å². The van der Waals surface area contributed by atoms with E-state index < -0.39 is 44.1 Å². The van der Waals surface area contributed by atoms with E-state index in [0.717, 1.165) is 19.0 Å². The minimum Gasteiger partial charge on any atom is -0.870 e. The normalized spacial score (nSPS) is 13.5. The van der Waals surface area contributed by atoms with Crippen LogP contribution in [0.15, 0.2) is 176 Å². The fourth-order valence-corrected chi connectivity index (χ4v) is 9.38. The average Bonchev–Trinajstić information content (AvgIpc) is 1.60. The molecule has 1 atom stereocenters. The fourth-order valence-electron chi connectivity index (χ4n) is 8.37. The SMILES string of the molecule is CC1(C)OB(B2OC(C)(C)C(C)(C)O2)OC1(C)C.CCOC(=O)C=O.CCOC(=O)c1cncn1-c1ccc(-c2ncco2)cn1.CCOC(=O)c1cncn1-c1ccc(Br)cn1.CCOC(=O)c1cncn1-c1ccc(O[B]O)cn1.COC(Nc1ccc(Br)cn1)C(C)=O.Ic1ncco1.Nc1ccc(Br)cn1.[Li+].[OH-]. The number of nitrogens with one attached hydrogen (secondary N) is 1. The van der Waals surface area contributed by atoms with Gasteiger partial charge in [0.15, 0.2) is 29.1 Å². The predicted molar refractivity (Wildman–Crippen MR) is 423 cm³/mol. The first-order valence-corrected chi connectivity index (χ1v) is 36.6. The minimum atomic E-state index is -0.803. The minimum absolute atomic E-state index is 0. The number of aldehydes is 1. The second kappa shape index (κ2) is 48.2. The second-order valence-electron chi connectivity index (χ2n) is 23.8. The number of aromatic nitrogens is 13. The fraction of sp³-hybridized carbons (Fsp3) is 0.333. The van der Waals surface area contributed by atoms with Crippen LogP contribution in [0.2, 0.25) is 0 Å². The van der Waals surface area contributed by atoms with Gasteiger partial charge in [0, 0.05) is 67.9 Å². The molecule has 43 heteroatoms. The zero-order chi connectivity index (χ0) is 81.2.